The zero-order valence-electron chi connectivity index (χ0n) is 14.6. The molecule has 0 radical (unpaired) electrons. The van der Waals surface area contributed by atoms with Gasteiger partial charge in [0.15, 0.2) is 0 Å². The van der Waals surface area contributed by atoms with Crippen molar-refractivity contribution in [1.29, 1.82) is 0 Å². The second-order valence-electron chi connectivity index (χ2n) is 7.24. The maximum absolute atomic E-state index is 14.2. The highest BCUT2D eigenvalue weighted by molar-refractivity contribution is 5.32. The molecule has 0 amide bonds. The van der Waals surface area contributed by atoms with E-state index in [4.69, 9.17) is 4.74 Å². The number of hydrogen-bond donors (Lipinski definition) is 0. The van der Waals surface area contributed by atoms with Crippen LogP contribution in [0.15, 0.2) is 24.3 Å². The predicted octanol–water partition coefficient (Wildman–Crippen LogP) is 6.07. The highest BCUT2D eigenvalue weighted by Crippen LogP contribution is 2.52. The van der Waals surface area contributed by atoms with E-state index < -0.39 is 35.5 Å². The number of methoxy groups -OCH3 is 1. The third-order valence-electron chi connectivity index (χ3n) is 4.27. The van der Waals surface area contributed by atoms with Gasteiger partial charge in [-0.15, -0.1) is 0 Å². The van der Waals surface area contributed by atoms with E-state index in [1.807, 2.05) is 20.8 Å². The van der Waals surface area contributed by atoms with Crippen LogP contribution in [0.4, 0.5) is 30.7 Å². The van der Waals surface area contributed by atoms with E-state index in [9.17, 15) is 30.7 Å². The number of hydrogen-bond acceptors (Lipinski definition) is 1. The van der Waals surface area contributed by atoms with Crippen LogP contribution in [-0.4, -0.2) is 25.1 Å². The standard InChI is InChI=1S/C17H21F7O/c1-13(2,3)11-7-6-8-12(9-11)14(4,25-5)10-15(18,16(19,20)21)17(22,23)24/h6-9H,10H2,1-5H3. The molecule has 144 valence electrons. The first-order valence-electron chi connectivity index (χ1n) is 7.46. The lowest BCUT2D eigenvalue weighted by molar-refractivity contribution is -0.353. The van der Waals surface area contributed by atoms with Crippen LogP contribution in [0, 0.1) is 0 Å². The van der Waals surface area contributed by atoms with Crippen LogP contribution in [0.3, 0.4) is 0 Å². The molecule has 0 aliphatic rings. The molecule has 0 saturated carbocycles. The third kappa shape index (κ3) is 4.27. The van der Waals surface area contributed by atoms with Gasteiger partial charge in [-0.2, -0.15) is 26.3 Å². The Morgan fingerprint density at radius 1 is 0.800 bits per heavy atom. The van der Waals surface area contributed by atoms with Gasteiger partial charge < -0.3 is 4.74 Å². The number of halogens is 7. The lowest BCUT2D eigenvalue weighted by Gasteiger charge is -2.38. The van der Waals surface area contributed by atoms with Crippen LogP contribution in [0.5, 0.6) is 0 Å². The van der Waals surface area contributed by atoms with E-state index in [1.165, 1.54) is 18.2 Å². The molecule has 1 aromatic carbocycles. The normalized spacial score (nSPS) is 16.6. The van der Waals surface area contributed by atoms with Crippen LogP contribution in [-0.2, 0) is 15.8 Å². The fourth-order valence-electron chi connectivity index (χ4n) is 2.43. The highest BCUT2D eigenvalue weighted by Gasteiger charge is 2.74. The molecule has 1 rings (SSSR count). The van der Waals surface area contributed by atoms with Crippen molar-refractivity contribution in [2.24, 2.45) is 0 Å². The molecule has 1 atom stereocenters. The molecule has 0 bridgehead atoms. The number of rotatable bonds is 4. The summed E-state index contributed by atoms with van der Waals surface area (Å²) in [5.74, 6) is 0. The van der Waals surface area contributed by atoms with Crippen molar-refractivity contribution in [3.63, 3.8) is 0 Å². The average Bonchev–Trinajstić information content (AvgIpc) is 2.44. The van der Waals surface area contributed by atoms with Gasteiger partial charge in [-0.1, -0.05) is 45.0 Å². The lowest BCUT2D eigenvalue weighted by Crippen LogP contribution is -2.56. The second-order valence-corrected chi connectivity index (χ2v) is 7.24. The van der Waals surface area contributed by atoms with Crippen molar-refractivity contribution in [3.8, 4) is 0 Å². The first-order valence-corrected chi connectivity index (χ1v) is 7.46. The minimum absolute atomic E-state index is 0.0398. The molecule has 1 unspecified atom stereocenters. The molecule has 0 aromatic heterocycles. The van der Waals surface area contributed by atoms with E-state index in [-0.39, 0.29) is 5.56 Å². The van der Waals surface area contributed by atoms with Gasteiger partial charge in [0, 0.05) is 13.5 Å². The number of alkyl halides is 7. The van der Waals surface area contributed by atoms with E-state index in [2.05, 4.69) is 0 Å². The number of ether oxygens (including phenoxy) is 1. The zero-order chi connectivity index (χ0) is 19.9. The fraction of sp³-hybridized carbons (Fsp3) is 0.647. The van der Waals surface area contributed by atoms with Gasteiger partial charge in [-0.3, -0.25) is 0 Å². The van der Waals surface area contributed by atoms with Gasteiger partial charge >= 0.3 is 18.0 Å². The molecule has 1 nitrogen and oxygen atoms in total. The quantitative estimate of drug-likeness (QED) is 0.582. The fourth-order valence-corrected chi connectivity index (χ4v) is 2.43. The molecule has 0 heterocycles. The zero-order valence-corrected chi connectivity index (χ0v) is 14.6. The Kier molecular flexibility index (Phi) is 5.60. The van der Waals surface area contributed by atoms with Crippen LogP contribution in [0.25, 0.3) is 0 Å². The maximum atomic E-state index is 14.2. The van der Waals surface area contributed by atoms with Gasteiger partial charge in [0.2, 0.25) is 0 Å². The van der Waals surface area contributed by atoms with Gasteiger partial charge in [0.05, 0.1) is 5.60 Å². The van der Waals surface area contributed by atoms with Crippen LogP contribution >= 0.6 is 0 Å². The number of benzene rings is 1. The Morgan fingerprint density at radius 3 is 1.60 bits per heavy atom. The van der Waals surface area contributed by atoms with Crippen molar-refractivity contribution in [2.75, 3.05) is 7.11 Å². The summed E-state index contributed by atoms with van der Waals surface area (Å²) in [4.78, 5) is 0. The summed E-state index contributed by atoms with van der Waals surface area (Å²) in [6.07, 6.45) is -14.2. The Labute approximate surface area is 142 Å². The molecule has 25 heavy (non-hydrogen) atoms. The topological polar surface area (TPSA) is 9.23 Å². The first-order chi connectivity index (χ1) is 11.0. The second kappa shape index (κ2) is 6.45. The van der Waals surface area contributed by atoms with E-state index in [1.54, 1.807) is 6.07 Å². The molecule has 0 fully saturated rings. The molecule has 0 aliphatic heterocycles. The summed E-state index contributed by atoms with van der Waals surface area (Å²) in [6.45, 7) is 6.52. The monoisotopic (exact) mass is 374 g/mol. The minimum atomic E-state index is -6.12. The van der Waals surface area contributed by atoms with Gasteiger partial charge in [0.25, 0.3) is 0 Å². The molecule has 0 saturated heterocycles. The van der Waals surface area contributed by atoms with Crippen LogP contribution in [0.2, 0.25) is 0 Å². The van der Waals surface area contributed by atoms with Crippen LogP contribution < -0.4 is 0 Å². The molecular formula is C17H21F7O. The predicted molar refractivity (Wildman–Crippen MR) is 80.1 cm³/mol. The Balaban J connectivity index is 3.45. The molecular weight excluding hydrogens is 353 g/mol. The minimum Gasteiger partial charge on any atom is -0.374 e. The van der Waals surface area contributed by atoms with Crippen molar-refractivity contribution in [3.05, 3.63) is 35.4 Å². The van der Waals surface area contributed by atoms with E-state index in [0.717, 1.165) is 14.0 Å². The SMILES string of the molecule is COC(C)(CC(F)(C(F)(F)F)C(F)(F)F)c1cccc(C(C)(C)C)c1. The highest BCUT2D eigenvalue weighted by atomic mass is 19.4. The van der Waals surface area contributed by atoms with Crippen molar-refractivity contribution < 1.29 is 35.5 Å². The largest absolute Gasteiger partial charge is 0.431 e. The molecule has 8 heteroatoms. The summed E-state index contributed by atoms with van der Waals surface area (Å²) in [6, 6.07) is 5.95. The maximum Gasteiger partial charge on any atom is 0.431 e. The molecule has 0 spiro atoms. The molecule has 1 aromatic rings. The smallest absolute Gasteiger partial charge is 0.374 e. The van der Waals surface area contributed by atoms with Gasteiger partial charge in [-0.25, -0.2) is 4.39 Å². The average molecular weight is 374 g/mol. The van der Waals surface area contributed by atoms with Gasteiger partial charge in [-0.05, 0) is 23.5 Å². The van der Waals surface area contributed by atoms with E-state index in [0.29, 0.717) is 5.56 Å². The summed E-state index contributed by atoms with van der Waals surface area (Å²) in [7, 11) is 0.955. The first kappa shape index (κ1) is 21.7. The summed E-state index contributed by atoms with van der Waals surface area (Å²) >= 11 is 0. The lowest BCUT2D eigenvalue weighted by atomic mass is 9.80. The van der Waals surface area contributed by atoms with E-state index >= 15 is 0 Å². The van der Waals surface area contributed by atoms with Crippen molar-refractivity contribution >= 4 is 0 Å². The van der Waals surface area contributed by atoms with Crippen LogP contribution in [0.1, 0.15) is 45.2 Å². The van der Waals surface area contributed by atoms with Crippen molar-refractivity contribution in [2.45, 2.75) is 63.2 Å². The molecule has 0 N–H and O–H groups in total. The summed E-state index contributed by atoms with van der Waals surface area (Å²) in [5, 5.41) is 0. The Bertz CT molecular complexity index is 584. The summed E-state index contributed by atoms with van der Waals surface area (Å²) in [5.41, 5.74) is -7.19. The Hall–Kier alpha value is -1.31. The van der Waals surface area contributed by atoms with Gasteiger partial charge in [0.1, 0.15) is 0 Å². The van der Waals surface area contributed by atoms with Crippen molar-refractivity contribution in [1.82, 2.24) is 0 Å². The summed E-state index contributed by atoms with van der Waals surface area (Å²) < 4.78 is 96.5. The third-order valence-corrected chi connectivity index (χ3v) is 4.27. The Morgan fingerprint density at radius 2 is 1.24 bits per heavy atom. The molecule has 0 aliphatic carbocycles.